The second kappa shape index (κ2) is 12.3. The van der Waals surface area contributed by atoms with Gasteiger partial charge in [0, 0.05) is 49.2 Å². The minimum Gasteiger partial charge on any atom is -0.366 e. The lowest BCUT2D eigenvalue weighted by atomic mass is 9.96. The maximum absolute atomic E-state index is 12.5. The van der Waals surface area contributed by atoms with Crippen molar-refractivity contribution in [1.82, 2.24) is 29.5 Å². The quantitative estimate of drug-likeness (QED) is 0.282. The molecular weight excluding hydrogens is 478 g/mol. The molecule has 0 aliphatic rings. The number of hydrogen-bond acceptors (Lipinski definition) is 5. The van der Waals surface area contributed by atoms with Crippen LogP contribution in [0.15, 0.2) is 67.1 Å². The summed E-state index contributed by atoms with van der Waals surface area (Å²) in [5, 5.41) is 7.30. The van der Waals surface area contributed by atoms with E-state index in [4.69, 9.17) is 10.7 Å². The van der Waals surface area contributed by atoms with Gasteiger partial charge >= 0.3 is 0 Å². The molecule has 0 spiro atoms. The highest BCUT2D eigenvalue weighted by molar-refractivity contribution is 6.03. The van der Waals surface area contributed by atoms with E-state index in [1.165, 1.54) is 0 Å². The zero-order valence-corrected chi connectivity index (χ0v) is 22.2. The number of para-hydroxylation sites is 1. The second-order valence-corrected chi connectivity index (χ2v) is 9.62. The molecule has 2 aromatic carbocycles. The van der Waals surface area contributed by atoms with Crippen molar-refractivity contribution >= 4 is 11.8 Å². The number of carbonyl (C=O) groups excluding carboxylic acids is 2. The van der Waals surface area contributed by atoms with E-state index in [-0.39, 0.29) is 5.91 Å². The van der Waals surface area contributed by atoms with Gasteiger partial charge in [0.1, 0.15) is 5.82 Å². The number of aromatic nitrogens is 4. The molecule has 9 nitrogen and oxygen atoms in total. The van der Waals surface area contributed by atoms with Gasteiger partial charge in [0.2, 0.25) is 11.8 Å². The number of hydrogen-bond donors (Lipinski definition) is 2. The van der Waals surface area contributed by atoms with Gasteiger partial charge in [0.15, 0.2) is 0 Å². The second-order valence-electron chi connectivity index (χ2n) is 9.62. The molecule has 3 N–H and O–H groups in total. The van der Waals surface area contributed by atoms with Crippen LogP contribution in [0.5, 0.6) is 0 Å². The molecule has 4 aromatic rings. The Morgan fingerprint density at radius 3 is 2.50 bits per heavy atom. The van der Waals surface area contributed by atoms with Gasteiger partial charge in [-0.2, -0.15) is 5.10 Å². The fourth-order valence-electron chi connectivity index (χ4n) is 4.45. The van der Waals surface area contributed by atoms with Crippen LogP contribution in [0, 0.1) is 0 Å². The average Bonchev–Trinajstić information content (AvgIpc) is 3.53. The number of rotatable bonds is 12. The highest BCUT2D eigenvalue weighted by atomic mass is 16.1. The Labute approximate surface area is 223 Å². The van der Waals surface area contributed by atoms with Crippen LogP contribution in [-0.4, -0.2) is 63.2 Å². The molecule has 4 rings (SSSR count). The lowest BCUT2D eigenvalue weighted by Crippen LogP contribution is -2.26. The van der Waals surface area contributed by atoms with Crippen LogP contribution >= 0.6 is 0 Å². The van der Waals surface area contributed by atoms with Crippen molar-refractivity contribution < 1.29 is 9.59 Å². The molecule has 0 atom stereocenters. The molecule has 2 aromatic heterocycles. The van der Waals surface area contributed by atoms with E-state index < -0.39 is 5.91 Å². The normalized spacial score (nSPS) is 11.2. The van der Waals surface area contributed by atoms with Crippen molar-refractivity contribution in [2.45, 2.75) is 25.7 Å². The number of carbonyl (C=O) groups is 2. The van der Waals surface area contributed by atoms with Crippen molar-refractivity contribution in [3.8, 4) is 28.2 Å². The zero-order chi connectivity index (χ0) is 27.1. The summed E-state index contributed by atoms with van der Waals surface area (Å²) in [6.45, 7) is 1.61. The third kappa shape index (κ3) is 6.54. The SMILES string of the molecule is CN(C)CCCNC(=O)CCCc1cn(-c2ccccc2)c(-c2c(C(N)=O)cccc2-c2cnn(C)c2)n1. The van der Waals surface area contributed by atoms with Crippen molar-refractivity contribution in [1.29, 1.82) is 0 Å². The Kier molecular flexibility index (Phi) is 8.70. The molecular formula is C29H35N7O2. The van der Waals surface area contributed by atoms with Crippen LogP contribution in [-0.2, 0) is 18.3 Å². The van der Waals surface area contributed by atoms with Gasteiger partial charge in [-0.25, -0.2) is 4.98 Å². The molecule has 0 saturated heterocycles. The molecule has 198 valence electrons. The molecule has 0 aliphatic carbocycles. The first-order valence-corrected chi connectivity index (χ1v) is 12.8. The molecule has 0 bridgehead atoms. The van der Waals surface area contributed by atoms with E-state index in [1.807, 2.05) is 80.6 Å². The van der Waals surface area contributed by atoms with Gasteiger partial charge in [-0.15, -0.1) is 0 Å². The van der Waals surface area contributed by atoms with Crippen molar-refractivity contribution in [3.63, 3.8) is 0 Å². The van der Waals surface area contributed by atoms with E-state index >= 15 is 0 Å². The number of amides is 2. The van der Waals surface area contributed by atoms with Crippen LogP contribution in [0.2, 0.25) is 0 Å². The first kappa shape index (κ1) is 26.8. The highest BCUT2D eigenvalue weighted by Gasteiger charge is 2.22. The first-order valence-electron chi connectivity index (χ1n) is 12.8. The summed E-state index contributed by atoms with van der Waals surface area (Å²) < 4.78 is 3.70. The highest BCUT2D eigenvalue weighted by Crippen LogP contribution is 2.36. The Balaban J connectivity index is 1.65. The number of nitrogens with zero attached hydrogens (tertiary/aromatic N) is 5. The number of nitrogens with two attached hydrogens (primary N) is 1. The van der Waals surface area contributed by atoms with Gasteiger partial charge in [-0.1, -0.05) is 30.3 Å². The molecule has 0 saturated carbocycles. The Morgan fingerprint density at radius 2 is 1.82 bits per heavy atom. The molecule has 38 heavy (non-hydrogen) atoms. The van der Waals surface area contributed by atoms with E-state index in [9.17, 15) is 9.59 Å². The van der Waals surface area contributed by atoms with Crippen LogP contribution in [0.1, 0.15) is 35.3 Å². The van der Waals surface area contributed by atoms with Crippen LogP contribution in [0.3, 0.4) is 0 Å². The standard InChI is InChI=1S/C29H35N7O2/c1-34(2)17-9-16-31-26(37)15-7-10-22-20-36(23-11-5-4-6-12-23)29(33-22)27-24(21-18-32-35(3)19-21)13-8-14-25(27)28(30)38/h4-6,8,11-14,18-20H,7,9-10,15-17H2,1-3H3,(H2,30,38)(H,31,37). The predicted molar refractivity (Wildman–Crippen MR) is 149 cm³/mol. The summed E-state index contributed by atoms with van der Waals surface area (Å²) in [4.78, 5) is 31.9. The van der Waals surface area contributed by atoms with Gasteiger partial charge in [0.05, 0.1) is 17.5 Å². The maximum atomic E-state index is 12.5. The van der Waals surface area contributed by atoms with E-state index in [0.29, 0.717) is 42.8 Å². The van der Waals surface area contributed by atoms with E-state index in [0.717, 1.165) is 35.5 Å². The smallest absolute Gasteiger partial charge is 0.249 e. The summed E-state index contributed by atoms with van der Waals surface area (Å²) in [7, 11) is 5.89. The number of aryl methyl sites for hydroxylation is 2. The fraction of sp³-hybridized carbons (Fsp3) is 0.310. The average molecular weight is 514 g/mol. The van der Waals surface area contributed by atoms with Crippen molar-refractivity contribution in [2.75, 3.05) is 27.2 Å². The maximum Gasteiger partial charge on any atom is 0.249 e. The summed E-state index contributed by atoms with van der Waals surface area (Å²) >= 11 is 0. The summed E-state index contributed by atoms with van der Waals surface area (Å²) in [5.74, 6) is 0.137. The van der Waals surface area contributed by atoms with E-state index in [1.54, 1.807) is 16.9 Å². The molecule has 0 radical (unpaired) electrons. The number of nitrogens with one attached hydrogen (secondary N) is 1. The zero-order valence-electron chi connectivity index (χ0n) is 22.2. The van der Waals surface area contributed by atoms with Crippen molar-refractivity contribution in [3.05, 3.63) is 78.4 Å². The molecule has 2 heterocycles. The minimum atomic E-state index is -0.527. The molecule has 0 unspecified atom stereocenters. The number of benzene rings is 2. The fourth-order valence-corrected chi connectivity index (χ4v) is 4.45. The Morgan fingerprint density at radius 1 is 1.03 bits per heavy atom. The predicted octanol–water partition coefficient (Wildman–Crippen LogP) is 3.43. The first-order chi connectivity index (χ1) is 18.3. The molecule has 2 amide bonds. The third-order valence-electron chi connectivity index (χ3n) is 6.30. The molecule has 0 aliphatic heterocycles. The lowest BCUT2D eigenvalue weighted by molar-refractivity contribution is -0.121. The van der Waals surface area contributed by atoms with Crippen LogP contribution in [0.4, 0.5) is 0 Å². The monoisotopic (exact) mass is 513 g/mol. The van der Waals surface area contributed by atoms with Gasteiger partial charge in [-0.05, 0) is 63.7 Å². The summed E-state index contributed by atoms with van der Waals surface area (Å²) in [6.07, 6.45) is 8.27. The van der Waals surface area contributed by atoms with Gasteiger partial charge in [0.25, 0.3) is 0 Å². The topological polar surface area (TPSA) is 111 Å². The summed E-state index contributed by atoms with van der Waals surface area (Å²) in [6, 6.07) is 15.4. The number of imidazole rings is 1. The van der Waals surface area contributed by atoms with Crippen molar-refractivity contribution in [2.24, 2.45) is 12.8 Å². The Bertz CT molecular complexity index is 1390. The van der Waals surface area contributed by atoms with Gasteiger partial charge in [-0.3, -0.25) is 18.8 Å². The largest absolute Gasteiger partial charge is 0.366 e. The molecule has 9 heteroatoms. The van der Waals surface area contributed by atoms with Crippen LogP contribution in [0.25, 0.3) is 28.2 Å². The lowest BCUT2D eigenvalue weighted by Gasteiger charge is -2.14. The minimum absolute atomic E-state index is 0.0457. The van der Waals surface area contributed by atoms with Gasteiger partial charge < -0.3 is 16.0 Å². The van der Waals surface area contributed by atoms with E-state index in [2.05, 4.69) is 15.3 Å². The summed E-state index contributed by atoms with van der Waals surface area (Å²) in [5.41, 5.74) is 10.3. The Hall–Kier alpha value is -4.24. The third-order valence-corrected chi connectivity index (χ3v) is 6.30. The molecule has 0 fully saturated rings. The van der Waals surface area contributed by atoms with Crippen LogP contribution < -0.4 is 11.1 Å². The number of primary amides is 1.